The van der Waals surface area contributed by atoms with Gasteiger partial charge in [0.1, 0.15) is 11.9 Å². The van der Waals surface area contributed by atoms with Gasteiger partial charge < -0.3 is 25.6 Å². The Morgan fingerprint density at radius 2 is 1.92 bits per heavy atom. The predicted molar refractivity (Wildman–Crippen MR) is 139 cm³/mol. The fraction of sp³-hybridized carbons (Fsp3) is 0.571. The van der Waals surface area contributed by atoms with Crippen LogP contribution in [0, 0.1) is 23.6 Å². The lowest BCUT2D eigenvalue weighted by Gasteiger charge is -2.29. The second-order valence-electron chi connectivity index (χ2n) is 10.1. The summed E-state index contributed by atoms with van der Waals surface area (Å²) in [6.07, 6.45) is 3.15. The van der Waals surface area contributed by atoms with Gasteiger partial charge in [0.05, 0.1) is 12.2 Å². The van der Waals surface area contributed by atoms with Crippen LogP contribution in [0.3, 0.4) is 0 Å². The van der Waals surface area contributed by atoms with Gasteiger partial charge in [-0.05, 0) is 80.7 Å². The fourth-order valence-corrected chi connectivity index (χ4v) is 4.81. The van der Waals surface area contributed by atoms with Crippen molar-refractivity contribution in [2.45, 2.75) is 78.6 Å². The topological polar surface area (TPSA) is 111 Å². The maximum atomic E-state index is 14.6. The molecular weight excluding hydrogens is 463 g/mol. The molecule has 0 saturated carbocycles. The zero-order chi connectivity index (χ0) is 27.0. The Bertz CT molecular complexity index is 977. The summed E-state index contributed by atoms with van der Waals surface area (Å²) < 4.78 is 25.6. The minimum absolute atomic E-state index is 0.00277. The van der Waals surface area contributed by atoms with E-state index in [-0.39, 0.29) is 29.5 Å². The van der Waals surface area contributed by atoms with Gasteiger partial charge in [-0.2, -0.15) is 0 Å². The number of aliphatic hydroxyl groups excluding tert-OH is 1. The van der Waals surface area contributed by atoms with Crippen molar-refractivity contribution in [3.63, 3.8) is 0 Å². The Labute approximate surface area is 213 Å². The van der Waals surface area contributed by atoms with Crippen molar-refractivity contribution >= 4 is 17.7 Å². The molecule has 2 amide bonds. The molecule has 0 saturated heterocycles. The number of primary amides is 1. The number of rotatable bonds is 2. The number of hydrogen-bond donors (Lipinski definition) is 3. The average molecular weight is 505 g/mol. The third-order valence-electron chi connectivity index (χ3n) is 6.89. The second-order valence-corrected chi connectivity index (χ2v) is 10.1. The van der Waals surface area contributed by atoms with E-state index in [0.717, 1.165) is 5.57 Å². The molecule has 0 unspecified atom stereocenters. The molecule has 1 aromatic rings. The quantitative estimate of drug-likeness (QED) is 0.484. The third-order valence-corrected chi connectivity index (χ3v) is 6.89. The number of carbonyl (C=O) groups is 2. The van der Waals surface area contributed by atoms with E-state index in [2.05, 4.69) is 5.32 Å². The van der Waals surface area contributed by atoms with Gasteiger partial charge in [-0.3, -0.25) is 4.79 Å². The first-order chi connectivity index (χ1) is 16.9. The first kappa shape index (κ1) is 29.5. The van der Waals surface area contributed by atoms with E-state index >= 15 is 0 Å². The predicted octanol–water partition coefficient (Wildman–Crippen LogP) is 5.13. The summed E-state index contributed by atoms with van der Waals surface area (Å²) in [5.41, 5.74) is 7.68. The number of halogens is 1. The number of nitrogens with two attached hydrogens (primary N) is 1. The standard InChI is InChI=1S/C28H41FN2O5/c1-16-12-21-15-22(10-11-23(21)29)31-27(33)18(3)9-7-8-17(2)26(36-28(30)34)20(5)14-19(4)25(32)24(13-16)35-6/h9-11,14-17,19,24-26,32H,7-8,12-13H2,1-6H3,(H2,30,34)(H,31,33)/b18-9+,20-14+/t16-,17+,19+,24+,25-,26-/m1/s1. The number of benzene rings is 1. The highest BCUT2D eigenvalue weighted by Gasteiger charge is 2.28. The number of nitrogens with one attached hydrogen (secondary N) is 1. The lowest BCUT2D eigenvalue weighted by Crippen LogP contribution is -2.35. The number of fused-ring (bicyclic) bond motifs is 2. The van der Waals surface area contributed by atoms with Crippen molar-refractivity contribution < 1.29 is 28.6 Å². The molecule has 8 heteroatoms. The minimum Gasteiger partial charge on any atom is -0.442 e. The van der Waals surface area contributed by atoms with Crippen molar-refractivity contribution in [2.24, 2.45) is 23.5 Å². The summed E-state index contributed by atoms with van der Waals surface area (Å²) in [5, 5.41) is 13.9. The highest BCUT2D eigenvalue weighted by atomic mass is 19.1. The molecule has 6 atom stereocenters. The normalized spacial score (nSPS) is 31.9. The van der Waals surface area contributed by atoms with Crippen molar-refractivity contribution in [3.8, 4) is 0 Å². The summed E-state index contributed by atoms with van der Waals surface area (Å²) >= 11 is 0. The summed E-state index contributed by atoms with van der Waals surface area (Å²) in [7, 11) is 1.55. The molecule has 2 bridgehead atoms. The molecule has 1 aliphatic heterocycles. The Hall–Kier alpha value is -2.71. The maximum absolute atomic E-state index is 14.6. The van der Waals surface area contributed by atoms with E-state index < -0.39 is 24.4 Å². The third kappa shape index (κ3) is 8.45. The van der Waals surface area contributed by atoms with Gasteiger partial charge >= 0.3 is 6.09 Å². The van der Waals surface area contributed by atoms with Crippen LogP contribution in [0.25, 0.3) is 0 Å². The van der Waals surface area contributed by atoms with Crippen LogP contribution in [0.5, 0.6) is 0 Å². The van der Waals surface area contributed by atoms with Crippen LogP contribution in [0.15, 0.2) is 41.5 Å². The molecular formula is C28H41FN2O5. The van der Waals surface area contributed by atoms with Crippen LogP contribution in [-0.4, -0.2) is 42.5 Å². The van der Waals surface area contributed by atoms with Crippen LogP contribution in [-0.2, 0) is 20.7 Å². The molecule has 0 fully saturated rings. The van der Waals surface area contributed by atoms with Crippen molar-refractivity contribution in [1.29, 1.82) is 0 Å². The zero-order valence-corrected chi connectivity index (χ0v) is 22.2. The molecule has 36 heavy (non-hydrogen) atoms. The Morgan fingerprint density at radius 1 is 1.22 bits per heavy atom. The zero-order valence-electron chi connectivity index (χ0n) is 22.2. The second kappa shape index (κ2) is 13.6. The van der Waals surface area contributed by atoms with Gasteiger partial charge in [0, 0.05) is 24.3 Å². The number of anilines is 1. The first-order valence-corrected chi connectivity index (χ1v) is 12.5. The number of allylic oxidation sites excluding steroid dienone is 1. The van der Waals surface area contributed by atoms with E-state index in [4.69, 9.17) is 15.2 Å². The van der Waals surface area contributed by atoms with E-state index in [1.807, 2.05) is 39.8 Å². The molecule has 7 nitrogen and oxygen atoms in total. The van der Waals surface area contributed by atoms with Gasteiger partial charge in [0.25, 0.3) is 5.91 Å². The number of aliphatic hydroxyl groups is 1. The van der Waals surface area contributed by atoms with Gasteiger partial charge in [0.15, 0.2) is 0 Å². The average Bonchev–Trinajstić information content (AvgIpc) is 2.81. The lowest BCUT2D eigenvalue weighted by atomic mass is 9.87. The van der Waals surface area contributed by atoms with Gasteiger partial charge in [-0.1, -0.05) is 32.9 Å². The van der Waals surface area contributed by atoms with Gasteiger partial charge in [-0.15, -0.1) is 0 Å². The first-order valence-electron chi connectivity index (χ1n) is 12.5. The number of amides is 2. The number of hydrogen-bond acceptors (Lipinski definition) is 5. The summed E-state index contributed by atoms with van der Waals surface area (Å²) in [6.45, 7) is 9.39. The maximum Gasteiger partial charge on any atom is 0.405 e. The molecule has 0 spiro atoms. The fourth-order valence-electron chi connectivity index (χ4n) is 4.81. The van der Waals surface area contributed by atoms with Crippen molar-refractivity contribution in [1.82, 2.24) is 0 Å². The SMILES string of the molecule is CO[C@H]1C[C@H](C)Cc2cc(ccc2F)NC(=O)/C(C)=C/CC[C@H](C)[C@@H](OC(N)=O)/C(C)=C/[C@H](C)[C@H]1O. The van der Waals surface area contributed by atoms with Gasteiger partial charge in [0.2, 0.25) is 0 Å². The number of methoxy groups -OCH3 is 1. The van der Waals surface area contributed by atoms with E-state index in [9.17, 15) is 19.1 Å². The molecule has 1 heterocycles. The molecule has 2 rings (SSSR count). The molecule has 4 N–H and O–H groups in total. The largest absolute Gasteiger partial charge is 0.442 e. The Kier molecular flexibility index (Phi) is 11.1. The van der Waals surface area contributed by atoms with Crippen LogP contribution in [0.4, 0.5) is 14.9 Å². The van der Waals surface area contributed by atoms with Crippen LogP contribution in [0.2, 0.25) is 0 Å². The molecule has 200 valence electrons. The van der Waals surface area contributed by atoms with Gasteiger partial charge in [-0.25, -0.2) is 9.18 Å². The Morgan fingerprint density at radius 3 is 2.56 bits per heavy atom. The monoisotopic (exact) mass is 504 g/mol. The van der Waals surface area contributed by atoms with Crippen LogP contribution < -0.4 is 11.1 Å². The molecule has 1 aromatic carbocycles. The van der Waals surface area contributed by atoms with E-state index in [1.165, 1.54) is 6.07 Å². The molecule has 0 aromatic heterocycles. The molecule has 0 aliphatic carbocycles. The minimum atomic E-state index is -0.866. The van der Waals surface area contributed by atoms with Crippen LogP contribution in [0.1, 0.15) is 59.4 Å². The lowest BCUT2D eigenvalue weighted by molar-refractivity contribution is -0.112. The highest BCUT2D eigenvalue weighted by Crippen LogP contribution is 2.27. The summed E-state index contributed by atoms with van der Waals surface area (Å²) in [6, 6.07) is 4.56. The van der Waals surface area contributed by atoms with Crippen LogP contribution >= 0.6 is 0 Å². The van der Waals surface area contributed by atoms with Crippen molar-refractivity contribution in [3.05, 3.63) is 52.9 Å². The Balaban J connectivity index is 2.43. The molecule has 1 aliphatic rings. The smallest absolute Gasteiger partial charge is 0.405 e. The molecule has 0 radical (unpaired) electrons. The number of carbonyl (C=O) groups excluding carboxylic acids is 2. The van der Waals surface area contributed by atoms with Crippen molar-refractivity contribution in [2.75, 3.05) is 12.4 Å². The summed E-state index contributed by atoms with van der Waals surface area (Å²) in [5.74, 6) is -0.973. The van der Waals surface area contributed by atoms with E-state index in [1.54, 1.807) is 26.2 Å². The van der Waals surface area contributed by atoms with E-state index in [0.29, 0.717) is 42.5 Å². The highest BCUT2D eigenvalue weighted by molar-refractivity contribution is 6.03. The number of ether oxygens (including phenoxy) is 2. The summed E-state index contributed by atoms with van der Waals surface area (Å²) in [4.78, 5) is 24.3.